The van der Waals surface area contributed by atoms with Crippen LogP contribution < -0.4 is 0 Å². The van der Waals surface area contributed by atoms with Crippen molar-refractivity contribution < 1.29 is 34.2 Å². The summed E-state index contributed by atoms with van der Waals surface area (Å²) in [6.07, 6.45) is -1.87. The molecule has 0 aliphatic carbocycles. The molecule has 1 heterocycles. The number of carbonyl (C=O) groups excluding carboxylic acids is 3. The van der Waals surface area contributed by atoms with Gasteiger partial charge in [0.25, 0.3) is 11.8 Å². The zero-order valence-electron chi connectivity index (χ0n) is 10.3. The maximum absolute atomic E-state index is 11.9. The number of hydroxylamine groups is 2. The molecule has 1 fully saturated rings. The Balaban J connectivity index is 2.20. The number of rotatable bonds is 3. The third-order valence-corrected chi connectivity index (χ3v) is 3.17. The Labute approximate surface area is 126 Å². The topological polar surface area (TPSA) is 121 Å². The van der Waals surface area contributed by atoms with Gasteiger partial charge in [0.05, 0.1) is 17.5 Å². The molecule has 1 aromatic rings. The fourth-order valence-electron chi connectivity index (χ4n) is 1.71. The van der Waals surface area contributed by atoms with Crippen molar-refractivity contribution in [3.05, 3.63) is 33.8 Å². The molecule has 1 aliphatic rings. The maximum atomic E-state index is 11.9. The minimum atomic E-state index is -1.41. The number of carboxylic acid groups (broad SMARTS) is 1. The lowest BCUT2D eigenvalue weighted by Gasteiger charge is -2.10. The first kappa shape index (κ1) is 15.1. The smallest absolute Gasteiger partial charge is 0.338 e. The van der Waals surface area contributed by atoms with Gasteiger partial charge in [-0.1, -0.05) is 15.9 Å². The summed E-state index contributed by atoms with van der Waals surface area (Å²) < 4.78 is 5.16. The molecule has 2 N–H and O–H groups in total. The van der Waals surface area contributed by atoms with Crippen molar-refractivity contribution in [2.75, 3.05) is 0 Å². The van der Waals surface area contributed by atoms with Crippen LogP contribution in [0.1, 0.15) is 27.1 Å². The highest BCUT2D eigenvalue weighted by atomic mass is 79.9. The van der Waals surface area contributed by atoms with Crippen molar-refractivity contribution in [3.63, 3.8) is 0 Å². The number of hydrogen-bond donors (Lipinski definition) is 2. The molecule has 0 spiro atoms. The number of aromatic carboxylic acids is 1. The van der Waals surface area contributed by atoms with Crippen LogP contribution in [0.25, 0.3) is 0 Å². The van der Waals surface area contributed by atoms with E-state index >= 15 is 0 Å². The van der Waals surface area contributed by atoms with Gasteiger partial charge in [-0.05, 0) is 18.2 Å². The van der Waals surface area contributed by atoms with Gasteiger partial charge in [0.2, 0.25) is 0 Å². The van der Waals surface area contributed by atoms with Gasteiger partial charge in [-0.25, -0.2) is 9.59 Å². The Kier molecular flexibility index (Phi) is 4.05. The SMILES string of the molecule is O=C(O)c1cc(Br)cc(C(=O)OC2CC(=O)N(O)C2=O)c1. The summed E-state index contributed by atoms with van der Waals surface area (Å²) in [4.78, 5) is 45.3. The number of imide groups is 1. The first-order chi connectivity index (χ1) is 9.79. The second-order valence-corrected chi connectivity index (χ2v) is 5.09. The molecular weight excluding hydrogens is 350 g/mol. The highest BCUT2D eigenvalue weighted by molar-refractivity contribution is 9.10. The summed E-state index contributed by atoms with van der Waals surface area (Å²) in [5.41, 5.74) is -0.243. The predicted molar refractivity (Wildman–Crippen MR) is 68.6 cm³/mol. The molecular formula is C12H8BrNO7. The molecule has 1 aliphatic heterocycles. The molecule has 1 atom stereocenters. The van der Waals surface area contributed by atoms with E-state index in [1.807, 2.05) is 0 Å². The quantitative estimate of drug-likeness (QED) is 0.466. The van der Waals surface area contributed by atoms with E-state index in [4.69, 9.17) is 15.1 Å². The van der Waals surface area contributed by atoms with E-state index in [1.165, 1.54) is 12.1 Å². The minimum absolute atomic E-state index is 0.0987. The summed E-state index contributed by atoms with van der Waals surface area (Å²) >= 11 is 3.05. The third-order valence-electron chi connectivity index (χ3n) is 2.71. The van der Waals surface area contributed by atoms with Crippen LogP contribution in [0.3, 0.4) is 0 Å². The second kappa shape index (κ2) is 5.62. The average molecular weight is 358 g/mol. The lowest BCUT2D eigenvalue weighted by molar-refractivity contribution is -0.173. The number of amides is 2. The lowest BCUT2D eigenvalue weighted by atomic mass is 10.1. The molecule has 1 unspecified atom stereocenters. The molecule has 1 aromatic carbocycles. The van der Waals surface area contributed by atoms with Crippen LogP contribution in [-0.4, -0.2) is 45.2 Å². The van der Waals surface area contributed by atoms with Crippen LogP contribution in [0.5, 0.6) is 0 Å². The van der Waals surface area contributed by atoms with Crippen LogP contribution in [0, 0.1) is 0 Å². The molecule has 0 radical (unpaired) electrons. The van der Waals surface area contributed by atoms with E-state index < -0.39 is 36.3 Å². The van der Waals surface area contributed by atoms with Gasteiger partial charge in [0, 0.05) is 4.47 Å². The number of benzene rings is 1. The normalized spacial score (nSPS) is 18.0. The summed E-state index contributed by atoms with van der Waals surface area (Å²) in [7, 11) is 0. The molecule has 0 aromatic heterocycles. The van der Waals surface area contributed by atoms with Gasteiger partial charge in [-0.2, -0.15) is 5.06 Å². The molecule has 2 rings (SSSR count). The lowest BCUT2D eigenvalue weighted by Crippen LogP contribution is -2.31. The van der Waals surface area contributed by atoms with Crippen molar-refractivity contribution in [1.82, 2.24) is 5.06 Å². The Hall–Kier alpha value is -2.26. The number of nitrogens with zero attached hydrogens (tertiary/aromatic N) is 1. The van der Waals surface area contributed by atoms with E-state index in [-0.39, 0.29) is 16.2 Å². The first-order valence-corrected chi connectivity index (χ1v) is 6.39. The Morgan fingerprint density at radius 2 is 1.86 bits per heavy atom. The summed E-state index contributed by atoms with van der Waals surface area (Å²) in [6.45, 7) is 0. The first-order valence-electron chi connectivity index (χ1n) is 5.60. The summed E-state index contributed by atoms with van der Waals surface area (Å²) in [5, 5.41) is 17.8. The van der Waals surface area contributed by atoms with Crippen molar-refractivity contribution in [2.24, 2.45) is 0 Å². The monoisotopic (exact) mass is 357 g/mol. The van der Waals surface area contributed by atoms with Crippen molar-refractivity contribution >= 4 is 39.7 Å². The van der Waals surface area contributed by atoms with E-state index in [0.29, 0.717) is 4.47 Å². The number of carboxylic acids is 1. The van der Waals surface area contributed by atoms with Gasteiger partial charge in [0.1, 0.15) is 0 Å². The highest BCUT2D eigenvalue weighted by Crippen LogP contribution is 2.20. The molecule has 21 heavy (non-hydrogen) atoms. The molecule has 0 saturated carbocycles. The Bertz CT molecular complexity index is 657. The predicted octanol–water partition coefficient (Wildman–Crippen LogP) is 0.821. The van der Waals surface area contributed by atoms with Crippen LogP contribution in [-0.2, 0) is 14.3 Å². The van der Waals surface area contributed by atoms with Gasteiger partial charge < -0.3 is 9.84 Å². The molecule has 8 nitrogen and oxygen atoms in total. The number of hydrogen-bond acceptors (Lipinski definition) is 6. The Morgan fingerprint density at radius 1 is 1.24 bits per heavy atom. The van der Waals surface area contributed by atoms with Gasteiger partial charge in [-0.3, -0.25) is 14.8 Å². The molecule has 110 valence electrons. The van der Waals surface area contributed by atoms with Crippen molar-refractivity contribution in [3.8, 4) is 0 Å². The largest absolute Gasteiger partial charge is 0.478 e. The van der Waals surface area contributed by atoms with Crippen molar-refractivity contribution in [1.29, 1.82) is 0 Å². The molecule has 9 heteroatoms. The minimum Gasteiger partial charge on any atom is -0.478 e. The fraction of sp³-hybridized carbons (Fsp3) is 0.167. The average Bonchev–Trinajstić information content (AvgIpc) is 2.65. The number of ether oxygens (including phenoxy) is 1. The van der Waals surface area contributed by atoms with Crippen LogP contribution in [0.15, 0.2) is 22.7 Å². The van der Waals surface area contributed by atoms with Crippen LogP contribution in [0.4, 0.5) is 0 Å². The highest BCUT2D eigenvalue weighted by Gasteiger charge is 2.41. The standard InChI is InChI=1S/C12H8BrNO7/c13-7-2-5(11(17)18)1-6(3-7)12(19)21-8-4-9(15)14(20)10(8)16/h1-3,8,20H,4H2,(H,17,18). The van der Waals surface area contributed by atoms with Crippen LogP contribution >= 0.6 is 15.9 Å². The van der Waals surface area contributed by atoms with E-state index in [2.05, 4.69) is 15.9 Å². The van der Waals surface area contributed by atoms with Crippen molar-refractivity contribution in [2.45, 2.75) is 12.5 Å². The van der Waals surface area contributed by atoms with E-state index in [1.54, 1.807) is 0 Å². The zero-order chi connectivity index (χ0) is 15.7. The third kappa shape index (κ3) is 3.09. The van der Waals surface area contributed by atoms with E-state index in [0.717, 1.165) is 6.07 Å². The second-order valence-electron chi connectivity index (χ2n) is 4.18. The van der Waals surface area contributed by atoms with Gasteiger partial charge in [-0.15, -0.1) is 0 Å². The van der Waals surface area contributed by atoms with Gasteiger partial charge >= 0.3 is 11.9 Å². The summed E-state index contributed by atoms with van der Waals surface area (Å²) in [6, 6.07) is 3.68. The zero-order valence-corrected chi connectivity index (χ0v) is 11.9. The maximum Gasteiger partial charge on any atom is 0.338 e. The fourth-order valence-corrected chi connectivity index (χ4v) is 2.21. The summed E-state index contributed by atoms with van der Waals surface area (Å²) in [5.74, 6) is -4.13. The number of esters is 1. The number of carbonyl (C=O) groups is 4. The molecule has 2 amide bonds. The van der Waals surface area contributed by atoms with Crippen LogP contribution in [0.2, 0.25) is 0 Å². The van der Waals surface area contributed by atoms with Gasteiger partial charge in [0.15, 0.2) is 6.10 Å². The molecule has 0 bridgehead atoms. The molecule has 1 saturated heterocycles. The Morgan fingerprint density at radius 3 is 2.38 bits per heavy atom. The van der Waals surface area contributed by atoms with E-state index in [9.17, 15) is 19.2 Å². The number of halogens is 1.